The fourth-order valence-corrected chi connectivity index (χ4v) is 0.204. The van der Waals surface area contributed by atoms with E-state index in [0.29, 0.717) is 0 Å². The first kappa shape index (κ1) is 16.8. The van der Waals surface area contributed by atoms with Gasteiger partial charge in [0, 0.05) is 0 Å². The lowest BCUT2D eigenvalue weighted by molar-refractivity contribution is 0.961. The van der Waals surface area contributed by atoms with Gasteiger partial charge < -0.3 is 0 Å². The van der Waals surface area contributed by atoms with Crippen LogP contribution in [0.4, 0.5) is 0 Å². The molecule has 0 aliphatic carbocycles. The van der Waals surface area contributed by atoms with Crippen LogP contribution in [-0.4, -0.2) is 0 Å². The number of allylic oxidation sites excluding steroid dienone is 2. The zero-order valence-electron chi connectivity index (χ0n) is 8.69. The largest absolute Gasteiger partial charge is 0.103 e. The van der Waals surface area contributed by atoms with Gasteiger partial charge in [-0.3, -0.25) is 0 Å². The number of hydrogen-bond donors (Lipinski definition) is 0. The molecule has 0 fully saturated rings. The third kappa shape index (κ3) is 86.2. The smallest absolute Gasteiger partial charge is 0.0356 e. The summed E-state index contributed by atoms with van der Waals surface area (Å²) in [5.41, 5.74) is 0. The summed E-state index contributed by atoms with van der Waals surface area (Å²) in [6, 6.07) is 0. The van der Waals surface area contributed by atoms with Crippen molar-refractivity contribution in [1.82, 2.24) is 0 Å². The summed E-state index contributed by atoms with van der Waals surface area (Å²) in [6.45, 7) is 15.2. The van der Waals surface area contributed by atoms with Crippen LogP contribution in [0.2, 0.25) is 0 Å². The normalized spacial score (nSPS) is 6.18. The van der Waals surface area contributed by atoms with E-state index in [4.69, 9.17) is 0 Å². The lowest BCUT2D eigenvalue weighted by Crippen LogP contribution is -1.52. The van der Waals surface area contributed by atoms with Crippen LogP contribution < -0.4 is 0 Å². The fourth-order valence-electron chi connectivity index (χ4n) is 0.204. The van der Waals surface area contributed by atoms with E-state index in [-0.39, 0.29) is 0 Å². The molecule has 0 unspecified atom stereocenters. The van der Waals surface area contributed by atoms with E-state index in [2.05, 4.69) is 27.0 Å². The molecule has 0 aliphatic heterocycles. The van der Waals surface area contributed by atoms with Crippen LogP contribution in [-0.2, 0) is 0 Å². The monoisotopic (exact) mass is 156 g/mol. The van der Waals surface area contributed by atoms with Crippen LogP contribution in [0, 0.1) is 0 Å². The van der Waals surface area contributed by atoms with Crippen molar-refractivity contribution >= 4 is 0 Å². The Hall–Kier alpha value is -0.520. The summed E-state index contributed by atoms with van der Waals surface area (Å²) in [7, 11) is 0. The van der Waals surface area contributed by atoms with Gasteiger partial charge in [0.15, 0.2) is 0 Å². The highest BCUT2D eigenvalue weighted by atomic mass is 13.7. The molecule has 0 aromatic carbocycles. The summed E-state index contributed by atoms with van der Waals surface area (Å²) in [5, 5.41) is 0. The second kappa shape index (κ2) is 34.0. The molecule has 68 valence electrons. The highest BCUT2D eigenvalue weighted by molar-refractivity contribution is 4.63. The molecule has 0 spiro atoms. The van der Waals surface area contributed by atoms with E-state index in [9.17, 15) is 0 Å². The molecule has 0 saturated carbocycles. The topological polar surface area (TPSA) is 0 Å². The van der Waals surface area contributed by atoms with Crippen LogP contribution in [0.25, 0.3) is 0 Å². The molecule has 0 nitrogen and oxygen atoms in total. The van der Waals surface area contributed by atoms with Gasteiger partial charge in [-0.25, -0.2) is 0 Å². The maximum absolute atomic E-state index is 3.55. The maximum Gasteiger partial charge on any atom is -0.0356 e. The Bertz CT molecular complexity index is 53.1. The highest BCUT2D eigenvalue weighted by Gasteiger charge is 1.61. The lowest BCUT2D eigenvalue weighted by atomic mass is 10.3. The Morgan fingerprint density at radius 3 is 1.36 bits per heavy atom. The summed E-state index contributed by atoms with van der Waals surface area (Å²) in [5.74, 6) is 0. The molecular formula is C11H24. The molecular weight excluding hydrogens is 132 g/mol. The summed E-state index contributed by atoms with van der Waals surface area (Å²) in [4.78, 5) is 0. The Morgan fingerprint density at radius 2 is 1.36 bits per heavy atom. The van der Waals surface area contributed by atoms with Crippen molar-refractivity contribution in [2.45, 2.75) is 47.0 Å². The van der Waals surface area contributed by atoms with Gasteiger partial charge in [0.1, 0.15) is 0 Å². The quantitative estimate of drug-likeness (QED) is 0.525. The van der Waals surface area contributed by atoms with Crippen LogP contribution in [0.1, 0.15) is 47.0 Å². The molecule has 0 atom stereocenters. The molecule has 0 N–H and O–H groups in total. The SMILES string of the molecule is C=CCC.C=CCCC.CC. The molecule has 0 radical (unpaired) electrons. The average Bonchev–Trinajstić information content (AvgIpc) is 2.10. The molecule has 0 heterocycles. The van der Waals surface area contributed by atoms with Crippen molar-refractivity contribution < 1.29 is 0 Å². The van der Waals surface area contributed by atoms with E-state index in [1.807, 2.05) is 26.0 Å². The van der Waals surface area contributed by atoms with Gasteiger partial charge in [-0.05, 0) is 12.8 Å². The summed E-state index contributed by atoms with van der Waals surface area (Å²) < 4.78 is 0. The second-order valence-corrected chi connectivity index (χ2v) is 1.77. The van der Waals surface area contributed by atoms with Crippen molar-refractivity contribution in [3.05, 3.63) is 25.3 Å². The van der Waals surface area contributed by atoms with Crippen LogP contribution in [0.3, 0.4) is 0 Å². The van der Waals surface area contributed by atoms with E-state index in [1.165, 1.54) is 6.42 Å². The summed E-state index contributed by atoms with van der Waals surface area (Å²) >= 11 is 0. The highest BCUT2D eigenvalue weighted by Crippen LogP contribution is 1.82. The van der Waals surface area contributed by atoms with Crippen molar-refractivity contribution in [1.29, 1.82) is 0 Å². The molecule has 11 heavy (non-hydrogen) atoms. The maximum atomic E-state index is 3.55. The van der Waals surface area contributed by atoms with Crippen molar-refractivity contribution in [2.24, 2.45) is 0 Å². The number of hydrogen-bond acceptors (Lipinski definition) is 0. The van der Waals surface area contributed by atoms with E-state index >= 15 is 0 Å². The predicted octanol–water partition coefficient (Wildman–Crippen LogP) is 4.58. The van der Waals surface area contributed by atoms with Crippen molar-refractivity contribution in [3.63, 3.8) is 0 Å². The molecule has 0 heteroatoms. The Labute approximate surface area is 73.0 Å². The zero-order valence-corrected chi connectivity index (χ0v) is 8.69. The molecule has 0 aliphatic rings. The Kier molecular flexibility index (Phi) is 52.0. The molecule has 0 saturated heterocycles. The number of rotatable bonds is 3. The van der Waals surface area contributed by atoms with Crippen molar-refractivity contribution in [2.75, 3.05) is 0 Å². The first-order chi connectivity index (χ1) is 5.33. The van der Waals surface area contributed by atoms with Gasteiger partial charge in [-0.2, -0.15) is 0 Å². The van der Waals surface area contributed by atoms with Gasteiger partial charge >= 0.3 is 0 Å². The first-order valence-electron chi connectivity index (χ1n) is 4.55. The third-order valence-electron chi connectivity index (χ3n) is 0.781. The molecule has 0 aromatic heterocycles. The van der Waals surface area contributed by atoms with Crippen molar-refractivity contribution in [3.8, 4) is 0 Å². The average molecular weight is 156 g/mol. The minimum Gasteiger partial charge on any atom is -0.103 e. The van der Waals surface area contributed by atoms with Crippen LogP contribution in [0.15, 0.2) is 25.3 Å². The predicted molar refractivity (Wildman–Crippen MR) is 56.9 cm³/mol. The minimum absolute atomic E-state index is 1.08. The Morgan fingerprint density at radius 1 is 1.00 bits per heavy atom. The van der Waals surface area contributed by atoms with Crippen LogP contribution in [0.5, 0.6) is 0 Å². The molecule has 0 aromatic rings. The van der Waals surface area contributed by atoms with Gasteiger partial charge in [0.25, 0.3) is 0 Å². The van der Waals surface area contributed by atoms with E-state index in [1.54, 1.807) is 0 Å². The molecule has 0 rings (SSSR count). The number of unbranched alkanes of at least 4 members (excludes halogenated alkanes) is 1. The third-order valence-corrected chi connectivity index (χ3v) is 0.781. The first-order valence-corrected chi connectivity index (χ1v) is 4.55. The lowest BCUT2D eigenvalue weighted by Gasteiger charge is -1.72. The Balaban J connectivity index is -0.0000000965. The molecule has 0 bridgehead atoms. The standard InChI is InChI=1S/C5H10.C4H8.C2H6/c1-3-5-4-2;1-3-4-2;1-2/h3H,1,4-5H2,2H3;3H,1,4H2,2H3;1-2H3. The summed E-state index contributed by atoms with van der Waals surface area (Å²) in [6.07, 6.45) is 7.27. The van der Waals surface area contributed by atoms with Gasteiger partial charge in [-0.15, -0.1) is 13.2 Å². The van der Waals surface area contributed by atoms with Gasteiger partial charge in [0.05, 0.1) is 0 Å². The fraction of sp³-hybridized carbons (Fsp3) is 0.636. The van der Waals surface area contributed by atoms with E-state index < -0.39 is 0 Å². The minimum atomic E-state index is 1.08. The molecule has 0 amide bonds. The van der Waals surface area contributed by atoms with Gasteiger partial charge in [0.2, 0.25) is 0 Å². The van der Waals surface area contributed by atoms with Crippen LogP contribution >= 0.6 is 0 Å². The second-order valence-electron chi connectivity index (χ2n) is 1.77. The zero-order chi connectivity index (χ0) is 9.54. The van der Waals surface area contributed by atoms with Gasteiger partial charge in [-0.1, -0.05) is 46.3 Å². The van der Waals surface area contributed by atoms with E-state index in [0.717, 1.165) is 12.8 Å².